The maximum absolute atomic E-state index is 12.9. The first kappa shape index (κ1) is 24.4. The predicted octanol–water partition coefficient (Wildman–Crippen LogP) is 4.43. The number of unbranched alkanes of at least 4 members (excludes halogenated alkanes) is 2. The van der Waals surface area contributed by atoms with Crippen molar-refractivity contribution in [1.29, 1.82) is 0 Å². The lowest BCUT2D eigenvalue weighted by atomic mass is 9.95. The molecule has 0 saturated heterocycles. The van der Waals surface area contributed by atoms with Gasteiger partial charge in [0.15, 0.2) is 17.2 Å². The van der Waals surface area contributed by atoms with Crippen molar-refractivity contribution in [3.05, 3.63) is 45.6 Å². The summed E-state index contributed by atoms with van der Waals surface area (Å²) < 4.78 is 22.2. The van der Waals surface area contributed by atoms with E-state index in [-0.39, 0.29) is 23.1 Å². The molecule has 1 N–H and O–H groups in total. The Labute approximate surface area is 195 Å². The molecule has 0 radical (unpaired) electrons. The molecule has 0 spiro atoms. The highest BCUT2D eigenvalue weighted by Crippen LogP contribution is 2.50. The molecule has 1 atom stereocenters. The average molecular weight is 456 g/mol. The third-order valence-electron chi connectivity index (χ3n) is 6.06. The molecule has 178 valence electrons. The van der Waals surface area contributed by atoms with Gasteiger partial charge in [-0.1, -0.05) is 25.8 Å². The van der Waals surface area contributed by atoms with Crippen LogP contribution in [0.25, 0.3) is 11.1 Å². The topological polar surface area (TPSA) is 83.1 Å². The summed E-state index contributed by atoms with van der Waals surface area (Å²) in [5.41, 5.74) is 3.10. The summed E-state index contributed by atoms with van der Waals surface area (Å²) in [6, 6.07) is 6.69. The van der Waals surface area contributed by atoms with E-state index in [4.69, 9.17) is 18.9 Å². The fraction of sp³-hybridized carbons (Fsp3) is 0.462. The third kappa shape index (κ3) is 5.07. The molecule has 2 aromatic carbocycles. The van der Waals surface area contributed by atoms with Crippen LogP contribution >= 0.6 is 0 Å². The number of nitrogens with one attached hydrogen (secondary N) is 1. The first-order chi connectivity index (χ1) is 16.0. The molecule has 1 aliphatic rings. The molecule has 0 saturated carbocycles. The summed E-state index contributed by atoms with van der Waals surface area (Å²) in [7, 11) is 6.20. The highest BCUT2D eigenvalue weighted by Gasteiger charge is 2.29. The van der Waals surface area contributed by atoms with Gasteiger partial charge in [0.05, 0.1) is 34.5 Å². The number of methoxy groups -OCH3 is 4. The summed E-state index contributed by atoms with van der Waals surface area (Å²) in [5, 5.41) is 3.16. The summed E-state index contributed by atoms with van der Waals surface area (Å²) in [6.45, 7) is 2.11. The SMILES string of the molecule is CCCCCC(=O)N[C@H]1CCc2cc(OC)c(OC)c(OC)c2-c2ccc(OC)c(=O)cc21. The van der Waals surface area contributed by atoms with Crippen molar-refractivity contribution in [2.45, 2.75) is 51.5 Å². The monoisotopic (exact) mass is 455 g/mol. The van der Waals surface area contributed by atoms with Crippen LogP contribution in [0.2, 0.25) is 0 Å². The number of fused-ring (bicyclic) bond motifs is 3. The van der Waals surface area contributed by atoms with E-state index in [2.05, 4.69) is 12.2 Å². The van der Waals surface area contributed by atoms with Crippen LogP contribution in [-0.2, 0) is 11.2 Å². The van der Waals surface area contributed by atoms with Crippen molar-refractivity contribution in [1.82, 2.24) is 5.32 Å². The Hall–Kier alpha value is -3.22. The number of rotatable bonds is 9. The lowest BCUT2D eigenvalue weighted by Gasteiger charge is -2.20. The molecule has 0 heterocycles. The lowest BCUT2D eigenvalue weighted by molar-refractivity contribution is -0.122. The Morgan fingerprint density at radius 1 is 0.970 bits per heavy atom. The van der Waals surface area contributed by atoms with E-state index < -0.39 is 0 Å². The van der Waals surface area contributed by atoms with Crippen LogP contribution in [0.15, 0.2) is 29.1 Å². The van der Waals surface area contributed by atoms with Gasteiger partial charge in [-0.15, -0.1) is 0 Å². The van der Waals surface area contributed by atoms with E-state index >= 15 is 0 Å². The maximum Gasteiger partial charge on any atom is 0.220 e. The molecule has 33 heavy (non-hydrogen) atoms. The molecule has 0 aliphatic heterocycles. The average Bonchev–Trinajstić information content (AvgIpc) is 3.06. The van der Waals surface area contributed by atoms with Gasteiger partial charge in [-0.25, -0.2) is 0 Å². The Bertz CT molecular complexity index is 1070. The fourth-order valence-corrected chi connectivity index (χ4v) is 4.42. The van der Waals surface area contributed by atoms with Gasteiger partial charge in [0, 0.05) is 12.0 Å². The number of hydrogen-bond acceptors (Lipinski definition) is 6. The van der Waals surface area contributed by atoms with Crippen molar-refractivity contribution in [3.63, 3.8) is 0 Å². The van der Waals surface area contributed by atoms with Gasteiger partial charge in [-0.05, 0) is 54.2 Å². The molecule has 0 aromatic heterocycles. The van der Waals surface area contributed by atoms with Gasteiger partial charge < -0.3 is 24.3 Å². The van der Waals surface area contributed by atoms with Crippen LogP contribution in [0.5, 0.6) is 23.0 Å². The summed E-state index contributed by atoms with van der Waals surface area (Å²) >= 11 is 0. The molecule has 7 heteroatoms. The minimum Gasteiger partial charge on any atom is -0.493 e. The zero-order chi connectivity index (χ0) is 24.0. The number of hydrogen-bond donors (Lipinski definition) is 1. The molecule has 1 amide bonds. The third-order valence-corrected chi connectivity index (χ3v) is 6.06. The van der Waals surface area contributed by atoms with E-state index in [1.807, 2.05) is 12.1 Å². The standard InChI is InChI=1S/C26H33NO6/c1-6-7-8-9-23(29)27-19-12-10-16-14-22(31-3)25(32-4)26(33-5)24(16)17-11-13-21(30-2)20(28)15-18(17)19/h11,13-15,19H,6-10,12H2,1-5H3,(H,27,29)/t19-/m0/s1. The molecule has 3 rings (SSSR count). The second-order valence-electron chi connectivity index (χ2n) is 8.07. The fourth-order valence-electron chi connectivity index (χ4n) is 4.42. The van der Waals surface area contributed by atoms with E-state index in [0.29, 0.717) is 36.5 Å². The summed E-state index contributed by atoms with van der Waals surface area (Å²) in [5.74, 6) is 1.79. The van der Waals surface area contributed by atoms with E-state index in [1.165, 1.54) is 7.11 Å². The number of benzene rings is 1. The first-order valence-electron chi connectivity index (χ1n) is 11.3. The number of carbonyl (C=O) groups is 1. The highest BCUT2D eigenvalue weighted by atomic mass is 16.5. The van der Waals surface area contributed by atoms with E-state index in [0.717, 1.165) is 41.5 Å². The summed E-state index contributed by atoms with van der Waals surface area (Å²) in [4.78, 5) is 25.6. The first-order valence-corrected chi connectivity index (χ1v) is 11.3. The molecule has 7 nitrogen and oxygen atoms in total. The van der Waals surface area contributed by atoms with E-state index in [9.17, 15) is 9.59 Å². The molecular weight excluding hydrogens is 422 g/mol. The van der Waals surface area contributed by atoms with Crippen molar-refractivity contribution in [2.24, 2.45) is 0 Å². The lowest BCUT2D eigenvalue weighted by Crippen LogP contribution is -2.28. The van der Waals surface area contributed by atoms with Crippen molar-refractivity contribution < 1.29 is 23.7 Å². The quantitative estimate of drug-likeness (QED) is 0.563. The van der Waals surface area contributed by atoms with Crippen LogP contribution in [0, 0.1) is 0 Å². The Morgan fingerprint density at radius 3 is 2.33 bits per heavy atom. The molecule has 2 aromatic rings. The second kappa shape index (κ2) is 11.1. The van der Waals surface area contributed by atoms with Crippen LogP contribution in [-0.4, -0.2) is 34.3 Å². The van der Waals surface area contributed by atoms with Crippen LogP contribution in [0.4, 0.5) is 0 Å². The van der Waals surface area contributed by atoms with Crippen LogP contribution in [0.3, 0.4) is 0 Å². The zero-order valence-electron chi connectivity index (χ0n) is 20.1. The van der Waals surface area contributed by atoms with E-state index in [1.54, 1.807) is 33.5 Å². The second-order valence-corrected chi connectivity index (χ2v) is 8.07. The smallest absolute Gasteiger partial charge is 0.220 e. The van der Waals surface area contributed by atoms with Gasteiger partial charge in [-0.2, -0.15) is 0 Å². The van der Waals surface area contributed by atoms with Gasteiger partial charge in [-0.3, -0.25) is 9.59 Å². The summed E-state index contributed by atoms with van der Waals surface area (Å²) in [6.07, 6.45) is 4.65. The molecule has 0 bridgehead atoms. The largest absolute Gasteiger partial charge is 0.493 e. The minimum absolute atomic E-state index is 0.0154. The van der Waals surface area contributed by atoms with Crippen molar-refractivity contribution in [3.8, 4) is 34.1 Å². The number of aryl methyl sites for hydroxylation is 1. The van der Waals surface area contributed by atoms with Gasteiger partial charge in [0.25, 0.3) is 0 Å². The van der Waals surface area contributed by atoms with Gasteiger partial charge >= 0.3 is 0 Å². The van der Waals surface area contributed by atoms with Gasteiger partial charge in [0.1, 0.15) is 0 Å². The molecule has 1 aliphatic carbocycles. The van der Waals surface area contributed by atoms with Gasteiger partial charge in [0.2, 0.25) is 17.1 Å². The molecule has 0 fully saturated rings. The minimum atomic E-state index is -0.326. The normalized spacial score (nSPS) is 14.4. The van der Waals surface area contributed by atoms with Crippen LogP contribution in [0.1, 0.15) is 56.2 Å². The predicted molar refractivity (Wildman–Crippen MR) is 128 cm³/mol. The van der Waals surface area contributed by atoms with Crippen molar-refractivity contribution >= 4 is 5.91 Å². The molecule has 0 unspecified atom stereocenters. The Morgan fingerprint density at radius 2 is 1.70 bits per heavy atom. The zero-order valence-corrected chi connectivity index (χ0v) is 20.1. The van der Waals surface area contributed by atoms with Crippen molar-refractivity contribution in [2.75, 3.05) is 28.4 Å². The van der Waals surface area contributed by atoms with Crippen LogP contribution < -0.4 is 29.7 Å². The Kier molecular flexibility index (Phi) is 8.20. The maximum atomic E-state index is 12.9. The molecular formula is C26H33NO6. The number of ether oxygens (including phenoxy) is 4. The number of amides is 1. The Balaban J connectivity index is 2.22. The number of carbonyl (C=O) groups excluding carboxylic acids is 1. The highest BCUT2D eigenvalue weighted by molar-refractivity contribution is 5.83.